The van der Waals surface area contributed by atoms with E-state index in [1.165, 1.54) is 6.08 Å². The minimum absolute atomic E-state index is 0.167. The molecular formula is C27H18Cl2N2O4S. The van der Waals surface area contributed by atoms with Gasteiger partial charge in [-0.1, -0.05) is 35.3 Å². The molecule has 6 nitrogen and oxygen atoms in total. The molecule has 0 unspecified atom stereocenters. The number of hydrogen-bond donors (Lipinski definition) is 1. The van der Waals surface area contributed by atoms with Crippen molar-refractivity contribution in [2.45, 2.75) is 6.92 Å². The molecule has 0 aliphatic carbocycles. The number of carbonyl (C=O) groups excluding carboxylic acids is 2. The highest BCUT2D eigenvalue weighted by molar-refractivity contribution is 7.15. The van der Waals surface area contributed by atoms with Gasteiger partial charge in [0.15, 0.2) is 0 Å². The maximum atomic E-state index is 13.0. The van der Waals surface area contributed by atoms with Gasteiger partial charge in [-0.05, 0) is 61.0 Å². The first kappa shape index (κ1) is 25.3. The second-order valence-electron chi connectivity index (χ2n) is 7.41. The molecular weight excluding hydrogens is 519 g/mol. The molecule has 0 aliphatic heterocycles. The van der Waals surface area contributed by atoms with Gasteiger partial charge < -0.3 is 14.5 Å². The Hall–Kier alpha value is -3.83. The SMILES string of the molecule is CCOC(=O)c1c(-c2ccc(Cl)cc2)csc1NC(=O)C(C#N)=Cc1ccc(-c2ccc(Cl)cc2)o1. The Balaban J connectivity index is 1.61. The van der Waals surface area contributed by atoms with Gasteiger partial charge in [0.25, 0.3) is 5.91 Å². The number of rotatable bonds is 7. The van der Waals surface area contributed by atoms with Crippen LogP contribution in [-0.2, 0) is 9.53 Å². The highest BCUT2D eigenvalue weighted by Gasteiger charge is 2.24. The van der Waals surface area contributed by atoms with Crippen molar-refractivity contribution in [3.63, 3.8) is 0 Å². The smallest absolute Gasteiger partial charge is 0.341 e. The Morgan fingerprint density at radius 1 is 1.03 bits per heavy atom. The van der Waals surface area contributed by atoms with E-state index in [1.807, 2.05) is 6.07 Å². The van der Waals surface area contributed by atoms with Gasteiger partial charge in [-0.2, -0.15) is 5.26 Å². The van der Waals surface area contributed by atoms with Crippen molar-refractivity contribution in [1.29, 1.82) is 5.26 Å². The predicted molar refractivity (Wildman–Crippen MR) is 142 cm³/mol. The molecule has 0 saturated carbocycles. The van der Waals surface area contributed by atoms with Crippen molar-refractivity contribution >= 4 is 57.5 Å². The van der Waals surface area contributed by atoms with Crippen molar-refractivity contribution in [3.8, 4) is 28.5 Å². The molecule has 4 aromatic rings. The Kier molecular flexibility index (Phi) is 7.91. The molecule has 2 aromatic heterocycles. The fourth-order valence-corrected chi connectivity index (χ4v) is 4.56. The maximum absolute atomic E-state index is 13.0. The quantitative estimate of drug-likeness (QED) is 0.148. The minimum atomic E-state index is -0.683. The molecule has 180 valence electrons. The lowest BCUT2D eigenvalue weighted by Crippen LogP contribution is -2.16. The van der Waals surface area contributed by atoms with Crippen LogP contribution in [0.2, 0.25) is 10.0 Å². The zero-order valence-corrected chi connectivity index (χ0v) is 21.2. The number of esters is 1. The van der Waals surface area contributed by atoms with Crippen molar-refractivity contribution in [2.24, 2.45) is 0 Å². The zero-order valence-electron chi connectivity index (χ0n) is 18.9. The second kappa shape index (κ2) is 11.3. The average Bonchev–Trinajstić information content (AvgIpc) is 3.51. The van der Waals surface area contributed by atoms with Gasteiger partial charge in [0.2, 0.25) is 0 Å². The molecule has 0 fully saturated rings. The zero-order chi connectivity index (χ0) is 25.7. The molecule has 0 spiro atoms. The van der Waals surface area contributed by atoms with Crippen LogP contribution in [0.15, 0.2) is 76.0 Å². The van der Waals surface area contributed by atoms with Crippen LogP contribution < -0.4 is 5.32 Å². The molecule has 9 heteroatoms. The summed E-state index contributed by atoms with van der Waals surface area (Å²) in [5.74, 6) is -0.381. The normalized spacial score (nSPS) is 11.1. The highest BCUT2D eigenvalue weighted by Crippen LogP contribution is 2.37. The third-order valence-electron chi connectivity index (χ3n) is 5.06. The summed E-state index contributed by atoms with van der Waals surface area (Å²) in [7, 11) is 0. The van der Waals surface area contributed by atoms with Crippen LogP contribution in [0.3, 0.4) is 0 Å². The van der Waals surface area contributed by atoms with Crippen LogP contribution in [0.1, 0.15) is 23.0 Å². The van der Waals surface area contributed by atoms with Crippen LogP contribution in [0, 0.1) is 11.3 Å². The number of benzene rings is 2. The average molecular weight is 537 g/mol. The van der Waals surface area contributed by atoms with Crippen molar-refractivity contribution in [3.05, 3.63) is 93.0 Å². The fourth-order valence-electron chi connectivity index (χ4n) is 3.36. The number of furan rings is 1. The van der Waals surface area contributed by atoms with E-state index in [-0.39, 0.29) is 22.7 Å². The maximum Gasteiger partial charge on any atom is 0.341 e. The summed E-state index contributed by atoms with van der Waals surface area (Å²) in [5, 5.41) is 15.5. The van der Waals surface area contributed by atoms with Gasteiger partial charge in [0.05, 0.1) is 6.61 Å². The molecule has 0 radical (unpaired) electrons. The number of nitriles is 1. The minimum Gasteiger partial charge on any atom is -0.462 e. The van der Waals surface area contributed by atoms with E-state index in [4.69, 9.17) is 32.4 Å². The summed E-state index contributed by atoms with van der Waals surface area (Å²) in [5.41, 5.74) is 2.14. The third-order valence-corrected chi connectivity index (χ3v) is 6.46. The van der Waals surface area contributed by atoms with Crippen LogP contribution in [0.5, 0.6) is 0 Å². The van der Waals surface area contributed by atoms with Crippen LogP contribution in [0.4, 0.5) is 5.00 Å². The Bertz CT molecular complexity index is 1480. The van der Waals surface area contributed by atoms with Gasteiger partial charge in [-0.25, -0.2) is 4.79 Å². The number of ether oxygens (including phenoxy) is 1. The molecule has 1 N–H and O–H groups in total. The van der Waals surface area contributed by atoms with Crippen molar-refractivity contribution < 1.29 is 18.7 Å². The monoisotopic (exact) mass is 536 g/mol. The Morgan fingerprint density at radius 3 is 2.28 bits per heavy atom. The number of amides is 1. The van der Waals surface area contributed by atoms with Crippen molar-refractivity contribution in [1.82, 2.24) is 0 Å². The lowest BCUT2D eigenvalue weighted by atomic mass is 10.0. The molecule has 2 aromatic carbocycles. The Labute approximate surface area is 221 Å². The number of nitrogens with one attached hydrogen (secondary N) is 1. The number of halogens is 2. The van der Waals surface area contributed by atoms with E-state index in [0.717, 1.165) is 22.5 Å². The molecule has 2 heterocycles. The molecule has 36 heavy (non-hydrogen) atoms. The number of carbonyl (C=O) groups is 2. The first-order valence-electron chi connectivity index (χ1n) is 10.7. The summed E-state index contributed by atoms with van der Waals surface area (Å²) < 4.78 is 11.0. The summed E-state index contributed by atoms with van der Waals surface area (Å²) in [4.78, 5) is 25.7. The number of hydrogen-bond acceptors (Lipinski definition) is 6. The number of thiophene rings is 1. The molecule has 0 aliphatic rings. The number of nitrogens with zero attached hydrogens (tertiary/aromatic N) is 1. The summed E-state index contributed by atoms with van der Waals surface area (Å²) in [6.07, 6.45) is 1.34. The molecule has 0 atom stereocenters. The second-order valence-corrected chi connectivity index (χ2v) is 9.17. The molecule has 0 bridgehead atoms. The third kappa shape index (κ3) is 5.69. The van der Waals surface area contributed by atoms with Crippen molar-refractivity contribution in [2.75, 3.05) is 11.9 Å². The largest absolute Gasteiger partial charge is 0.462 e. The van der Waals surface area contributed by atoms with Gasteiger partial charge in [-0.3, -0.25) is 4.79 Å². The first-order valence-corrected chi connectivity index (χ1v) is 12.4. The van der Waals surface area contributed by atoms with Gasteiger partial charge in [-0.15, -0.1) is 11.3 Å². The topological polar surface area (TPSA) is 92.3 Å². The summed E-state index contributed by atoms with van der Waals surface area (Å²) in [6, 6.07) is 19.3. The molecule has 4 rings (SSSR count). The van der Waals surface area contributed by atoms with Crippen LogP contribution in [-0.4, -0.2) is 18.5 Å². The predicted octanol–water partition coefficient (Wildman–Crippen LogP) is 7.70. The lowest BCUT2D eigenvalue weighted by molar-refractivity contribution is -0.112. The molecule has 0 saturated heterocycles. The lowest BCUT2D eigenvalue weighted by Gasteiger charge is -2.08. The van der Waals surface area contributed by atoms with E-state index in [9.17, 15) is 14.9 Å². The van der Waals surface area contributed by atoms with E-state index in [2.05, 4.69) is 5.32 Å². The summed E-state index contributed by atoms with van der Waals surface area (Å²) in [6.45, 7) is 1.86. The fraction of sp³-hybridized carbons (Fsp3) is 0.0741. The van der Waals surface area contributed by atoms with Gasteiger partial charge in [0.1, 0.15) is 33.7 Å². The highest BCUT2D eigenvalue weighted by atomic mass is 35.5. The van der Waals surface area contributed by atoms with Gasteiger partial charge in [0, 0.05) is 32.6 Å². The van der Waals surface area contributed by atoms with E-state index < -0.39 is 11.9 Å². The van der Waals surface area contributed by atoms with Gasteiger partial charge >= 0.3 is 5.97 Å². The number of anilines is 1. The van der Waals surface area contributed by atoms with Crippen LogP contribution in [0.25, 0.3) is 28.5 Å². The standard InChI is InChI=1S/C27H18Cl2N2O4S/c1-2-34-27(33)24-22(16-3-7-19(28)8-4-16)15-36-26(24)31-25(32)18(14-30)13-21-11-12-23(35-21)17-5-9-20(29)10-6-17/h3-13,15H,2H2,1H3,(H,31,32). The molecule has 1 amide bonds. The Morgan fingerprint density at radius 2 is 1.67 bits per heavy atom. The summed E-state index contributed by atoms with van der Waals surface area (Å²) >= 11 is 13.1. The van der Waals surface area contributed by atoms with E-state index in [0.29, 0.717) is 27.1 Å². The first-order chi connectivity index (χ1) is 17.4. The van der Waals surface area contributed by atoms with E-state index in [1.54, 1.807) is 73.0 Å². The van der Waals surface area contributed by atoms with E-state index >= 15 is 0 Å². The van der Waals surface area contributed by atoms with Crippen LogP contribution >= 0.6 is 34.5 Å².